The Morgan fingerprint density at radius 1 is 1.61 bits per heavy atom. The second-order valence-corrected chi connectivity index (χ2v) is 4.18. The highest BCUT2D eigenvalue weighted by molar-refractivity contribution is 5.94. The molecule has 0 radical (unpaired) electrons. The number of likely N-dealkylation sites (N-methyl/N-ethyl adjacent to an activating group) is 1. The van der Waals surface area contributed by atoms with Crippen molar-refractivity contribution in [3.05, 3.63) is 23.9 Å². The van der Waals surface area contributed by atoms with Crippen LogP contribution in [0.5, 0.6) is 0 Å². The van der Waals surface area contributed by atoms with Crippen molar-refractivity contribution >= 4 is 11.7 Å². The summed E-state index contributed by atoms with van der Waals surface area (Å²) in [4.78, 5) is 18.1. The van der Waals surface area contributed by atoms with Crippen LogP contribution in [0.2, 0.25) is 0 Å². The van der Waals surface area contributed by atoms with Crippen LogP contribution in [-0.2, 0) is 4.74 Å². The summed E-state index contributed by atoms with van der Waals surface area (Å²) >= 11 is 0. The van der Waals surface area contributed by atoms with Gasteiger partial charge in [0, 0.05) is 32.5 Å². The van der Waals surface area contributed by atoms with E-state index in [1.807, 2.05) is 13.8 Å². The number of ether oxygens (including phenoxy) is 1. The fraction of sp³-hybridized carbons (Fsp3) is 0.538. The van der Waals surface area contributed by atoms with Crippen molar-refractivity contribution < 1.29 is 9.53 Å². The van der Waals surface area contributed by atoms with Crippen LogP contribution in [0.25, 0.3) is 0 Å². The summed E-state index contributed by atoms with van der Waals surface area (Å²) in [7, 11) is 3.41. The first-order chi connectivity index (χ1) is 8.60. The molecule has 1 aromatic heterocycles. The highest BCUT2D eigenvalue weighted by Crippen LogP contribution is 2.10. The molecule has 5 heteroatoms. The fourth-order valence-corrected chi connectivity index (χ4v) is 1.60. The third-order valence-corrected chi connectivity index (χ3v) is 2.75. The van der Waals surface area contributed by atoms with Crippen LogP contribution in [0.15, 0.2) is 18.3 Å². The topological polar surface area (TPSA) is 54.5 Å². The zero-order chi connectivity index (χ0) is 13.5. The SMILES string of the molecule is CCNc1cc(C(=O)N(C)C(C)COC)ccn1. The molecule has 0 bridgehead atoms. The molecule has 18 heavy (non-hydrogen) atoms. The molecule has 1 aromatic rings. The molecule has 1 atom stereocenters. The molecule has 0 spiro atoms. The van der Waals surface area contributed by atoms with Crippen molar-refractivity contribution in [2.75, 3.05) is 32.6 Å². The van der Waals surface area contributed by atoms with Gasteiger partial charge in [0.2, 0.25) is 0 Å². The minimum absolute atomic E-state index is 0.0268. The maximum absolute atomic E-state index is 12.2. The van der Waals surface area contributed by atoms with Crippen LogP contribution in [-0.4, -0.2) is 49.1 Å². The average Bonchev–Trinajstić information content (AvgIpc) is 2.38. The number of pyridine rings is 1. The molecule has 100 valence electrons. The minimum Gasteiger partial charge on any atom is -0.383 e. The van der Waals surface area contributed by atoms with Crippen LogP contribution < -0.4 is 5.32 Å². The monoisotopic (exact) mass is 251 g/mol. The highest BCUT2D eigenvalue weighted by atomic mass is 16.5. The summed E-state index contributed by atoms with van der Waals surface area (Å²) in [6.45, 7) is 5.24. The summed E-state index contributed by atoms with van der Waals surface area (Å²) < 4.78 is 5.05. The van der Waals surface area contributed by atoms with Gasteiger partial charge in [-0.1, -0.05) is 0 Å². The standard InChI is InChI=1S/C13H21N3O2/c1-5-14-12-8-11(6-7-15-12)13(17)16(3)10(2)9-18-4/h6-8,10H,5,9H2,1-4H3,(H,14,15). The lowest BCUT2D eigenvalue weighted by molar-refractivity contribution is 0.0633. The number of rotatable bonds is 6. The number of carbonyl (C=O) groups is 1. The molecular formula is C13H21N3O2. The Hall–Kier alpha value is -1.62. The Morgan fingerprint density at radius 3 is 2.94 bits per heavy atom. The number of hydrogen-bond acceptors (Lipinski definition) is 4. The molecule has 0 saturated carbocycles. The van der Waals surface area contributed by atoms with Gasteiger partial charge in [0.15, 0.2) is 0 Å². The number of methoxy groups -OCH3 is 1. The van der Waals surface area contributed by atoms with Gasteiger partial charge >= 0.3 is 0 Å². The quantitative estimate of drug-likeness (QED) is 0.834. The molecule has 0 aliphatic carbocycles. The van der Waals surface area contributed by atoms with Gasteiger partial charge in [0.05, 0.1) is 12.6 Å². The third-order valence-electron chi connectivity index (χ3n) is 2.75. The Bertz CT molecular complexity index is 396. The highest BCUT2D eigenvalue weighted by Gasteiger charge is 2.17. The van der Waals surface area contributed by atoms with Gasteiger partial charge in [-0.3, -0.25) is 4.79 Å². The van der Waals surface area contributed by atoms with Gasteiger partial charge in [-0.05, 0) is 26.0 Å². The first-order valence-electron chi connectivity index (χ1n) is 6.06. The summed E-state index contributed by atoms with van der Waals surface area (Å²) in [6, 6.07) is 3.53. The first kappa shape index (κ1) is 14.4. The second kappa shape index (κ2) is 6.96. The van der Waals surface area contributed by atoms with E-state index in [0.717, 1.165) is 12.4 Å². The van der Waals surface area contributed by atoms with Crippen molar-refractivity contribution in [2.45, 2.75) is 19.9 Å². The number of aromatic nitrogens is 1. The normalized spacial score (nSPS) is 12.0. The van der Waals surface area contributed by atoms with Crippen LogP contribution in [0.4, 0.5) is 5.82 Å². The summed E-state index contributed by atoms with van der Waals surface area (Å²) in [5.41, 5.74) is 0.631. The van der Waals surface area contributed by atoms with Crippen molar-refractivity contribution in [3.63, 3.8) is 0 Å². The zero-order valence-corrected chi connectivity index (χ0v) is 11.4. The number of nitrogens with zero attached hydrogens (tertiary/aromatic N) is 2. The molecule has 0 aromatic carbocycles. The lowest BCUT2D eigenvalue weighted by Gasteiger charge is -2.24. The number of hydrogen-bond donors (Lipinski definition) is 1. The molecule has 0 saturated heterocycles. The maximum Gasteiger partial charge on any atom is 0.254 e. The van der Waals surface area contributed by atoms with Crippen molar-refractivity contribution in [1.29, 1.82) is 0 Å². The summed E-state index contributed by atoms with van der Waals surface area (Å²) in [6.07, 6.45) is 1.64. The molecule has 0 aliphatic rings. The van der Waals surface area contributed by atoms with Crippen molar-refractivity contribution in [2.24, 2.45) is 0 Å². The second-order valence-electron chi connectivity index (χ2n) is 4.18. The minimum atomic E-state index is -0.0268. The fourth-order valence-electron chi connectivity index (χ4n) is 1.60. The molecule has 0 fully saturated rings. The van der Waals surface area contributed by atoms with E-state index in [1.165, 1.54) is 0 Å². The van der Waals surface area contributed by atoms with Crippen molar-refractivity contribution in [1.82, 2.24) is 9.88 Å². The number of amides is 1. The van der Waals surface area contributed by atoms with E-state index in [2.05, 4.69) is 10.3 Å². The van der Waals surface area contributed by atoms with E-state index in [4.69, 9.17) is 4.74 Å². The Labute approximate surface area is 108 Å². The molecular weight excluding hydrogens is 230 g/mol. The number of carbonyl (C=O) groups excluding carboxylic acids is 1. The molecule has 1 rings (SSSR count). The van der Waals surface area contributed by atoms with Crippen molar-refractivity contribution in [3.8, 4) is 0 Å². The lowest BCUT2D eigenvalue weighted by atomic mass is 10.2. The van der Waals surface area contributed by atoms with E-state index in [0.29, 0.717) is 12.2 Å². The van der Waals surface area contributed by atoms with E-state index >= 15 is 0 Å². The van der Waals surface area contributed by atoms with Crippen LogP contribution >= 0.6 is 0 Å². The zero-order valence-electron chi connectivity index (χ0n) is 11.4. The van der Waals surface area contributed by atoms with E-state index in [9.17, 15) is 4.79 Å². The van der Waals surface area contributed by atoms with Gasteiger partial charge in [0.25, 0.3) is 5.91 Å². The number of anilines is 1. The Morgan fingerprint density at radius 2 is 2.33 bits per heavy atom. The maximum atomic E-state index is 12.2. The molecule has 1 N–H and O–H groups in total. The first-order valence-corrected chi connectivity index (χ1v) is 6.06. The van der Waals surface area contributed by atoms with E-state index < -0.39 is 0 Å². The number of nitrogens with one attached hydrogen (secondary N) is 1. The predicted octanol–water partition coefficient (Wildman–Crippen LogP) is 1.62. The summed E-state index contributed by atoms with van der Waals surface area (Å²) in [5.74, 6) is 0.692. The van der Waals surface area contributed by atoms with Gasteiger partial charge in [-0.25, -0.2) is 4.98 Å². The molecule has 1 unspecified atom stereocenters. The Kier molecular flexibility index (Phi) is 5.58. The predicted molar refractivity (Wildman–Crippen MR) is 71.8 cm³/mol. The van der Waals surface area contributed by atoms with Gasteiger partial charge in [-0.15, -0.1) is 0 Å². The van der Waals surface area contributed by atoms with Gasteiger partial charge < -0.3 is 15.0 Å². The smallest absolute Gasteiger partial charge is 0.254 e. The Balaban J connectivity index is 2.79. The van der Waals surface area contributed by atoms with Crippen LogP contribution in [0.3, 0.4) is 0 Å². The molecule has 1 amide bonds. The molecule has 0 aliphatic heterocycles. The van der Waals surface area contributed by atoms with E-state index in [1.54, 1.807) is 37.4 Å². The van der Waals surface area contributed by atoms with Gasteiger partial charge in [-0.2, -0.15) is 0 Å². The molecule has 5 nitrogen and oxygen atoms in total. The lowest BCUT2D eigenvalue weighted by Crippen LogP contribution is -2.37. The average molecular weight is 251 g/mol. The largest absolute Gasteiger partial charge is 0.383 e. The van der Waals surface area contributed by atoms with E-state index in [-0.39, 0.29) is 11.9 Å². The molecule has 1 heterocycles. The third kappa shape index (κ3) is 3.70. The van der Waals surface area contributed by atoms with Crippen LogP contribution in [0, 0.1) is 0 Å². The van der Waals surface area contributed by atoms with Gasteiger partial charge in [0.1, 0.15) is 5.82 Å². The van der Waals surface area contributed by atoms with Crippen LogP contribution in [0.1, 0.15) is 24.2 Å². The summed E-state index contributed by atoms with van der Waals surface area (Å²) in [5, 5.41) is 3.09.